The van der Waals surface area contributed by atoms with Crippen molar-refractivity contribution in [1.29, 1.82) is 0 Å². The van der Waals surface area contributed by atoms with E-state index in [4.69, 9.17) is 4.98 Å². The quantitative estimate of drug-likeness (QED) is 0.722. The predicted molar refractivity (Wildman–Crippen MR) is 109 cm³/mol. The van der Waals surface area contributed by atoms with Crippen molar-refractivity contribution in [2.24, 2.45) is 0 Å². The normalized spacial score (nSPS) is 20.3. The van der Waals surface area contributed by atoms with Crippen molar-refractivity contribution in [2.75, 3.05) is 6.54 Å². The van der Waals surface area contributed by atoms with Gasteiger partial charge in [0, 0.05) is 18.1 Å². The molecule has 2 unspecified atom stereocenters. The van der Waals surface area contributed by atoms with E-state index in [0.29, 0.717) is 5.56 Å². The second-order valence-corrected chi connectivity index (χ2v) is 8.37. The van der Waals surface area contributed by atoms with E-state index in [2.05, 4.69) is 36.5 Å². The minimum Gasteiger partial charge on any atom is -0.348 e. The van der Waals surface area contributed by atoms with Crippen molar-refractivity contribution in [2.45, 2.75) is 51.7 Å². The summed E-state index contributed by atoms with van der Waals surface area (Å²) in [5.74, 6) is -0.0518. The number of carbonyl (C=O) groups is 1. The lowest BCUT2D eigenvalue weighted by atomic mass is 9.99. The van der Waals surface area contributed by atoms with Crippen molar-refractivity contribution in [1.82, 2.24) is 25.4 Å². The molecule has 3 aromatic rings. The Bertz CT molecular complexity index is 947. The number of nitrogens with one attached hydrogen (secondary N) is 2. The number of carbonyl (C=O) groups excluding carboxylic acids is 1. The second kappa shape index (κ2) is 7.40. The molecule has 1 amide bonds. The highest BCUT2D eigenvalue weighted by atomic mass is 32.1. The van der Waals surface area contributed by atoms with Crippen LogP contribution in [0.3, 0.4) is 0 Å². The van der Waals surface area contributed by atoms with E-state index in [1.807, 2.05) is 28.3 Å². The number of aromatic nitrogens is 3. The zero-order valence-electron chi connectivity index (χ0n) is 15.9. The summed E-state index contributed by atoms with van der Waals surface area (Å²) in [4.78, 5) is 19.0. The minimum absolute atomic E-state index is 0.0518. The van der Waals surface area contributed by atoms with Crippen LogP contribution in [0, 0.1) is 0 Å². The molecule has 2 N–H and O–H groups in total. The highest BCUT2D eigenvalue weighted by Crippen LogP contribution is 2.29. The number of fused-ring (bicyclic) bond motifs is 1. The molecule has 2 atom stereocenters. The third-order valence-electron chi connectivity index (χ3n) is 5.15. The molecule has 142 valence electrons. The fraction of sp³-hybridized carbons (Fsp3) is 0.450. The standard InChI is InChI=1S/C20H25N5OS/c1-12(2)25-19-15(11-22-25)14(10-17(23-19)18-7-5-9-27-18)20(26)24-16-6-4-8-21-13(16)3/h5,7,9-13,16,21H,4,6,8H2,1-3H3,(H,24,26). The Balaban J connectivity index is 1.77. The lowest BCUT2D eigenvalue weighted by Crippen LogP contribution is -2.51. The van der Waals surface area contributed by atoms with Gasteiger partial charge in [0.05, 0.1) is 27.7 Å². The average molecular weight is 384 g/mol. The van der Waals surface area contributed by atoms with E-state index < -0.39 is 0 Å². The summed E-state index contributed by atoms with van der Waals surface area (Å²) in [6.07, 6.45) is 3.84. The van der Waals surface area contributed by atoms with Crippen molar-refractivity contribution in [3.63, 3.8) is 0 Å². The Morgan fingerprint density at radius 3 is 3.00 bits per heavy atom. The molecule has 4 heterocycles. The van der Waals surface area contributed by atoms with Gasteiger partial charge in [0.15, 0.2) is 5.65 Å². The van der Waals surface area contributed by atoms with Crippen molar-refractivity contribution in [3.8, 4) is 10.6 Å². The highest BCUT2D eigenvalue weighted by molar-refractivity contribution is 7.13. The van der Waals surface area contributed by atoms with Crippen molar-refractivity contribution >= 4 is 28.3 Å². The van der Waals surface area contributed by atoms with Crippen molar-refractivity contribution < 1.29 is 4.79 Å². The Kier molecular flexibility index (Phi) is 4.97. The van der Waals surface area contributed by atoms with Crippen molar-refractivity contribution in [3.05, 3.63) is 35.3 Å². The Morgan fingerprint density at radius 2 is 2.30 bits per heavy atom. The molecule has 1 saturated heterocycles. The zero-order valence-corrected chi connectivity index (χ0v) is 16.7. The molecule has 1 aliphatic heterocycles. The van der Waals surface area contributed by atoms with Gasteiger partial charge in [-0.1, -0.05) is 6.07 Å². The molecular formula is C20H25N5OS. The molecule has 3 aromatic heterocycles. The molecule has 0 spiro atoms. The Morgan fingerprint density at radius 1 is 1.44 bits per heavy atom. The minimum atomic E-state index is -0.0518. The first kappa shape index (κ1) is 18.1. The SMILES string of the molecule is CC1NCCCC1NC(=O)c1cc(-c2cccs2)nc2c1cnn2C(C)C. The molecule has 4 rings (SSSR count). The largest absolute Gasteiger partial charge is 0.348 e. The van der Waals surface area contributed by atoms with Crippen LogP contribution in [-0.2, 0) is 0 Å². The van der Waals surface area contributed by atoms with Gasteiger partial charge in [-0.05, 0) is 57.7 Å². The summed E-state index contributed by atoms with van der Waals surface area (Å²) in [5.41, 5.74) is 2.23. The Labute approximate surface area is 163 Å². The summed E-state index contributed by atoms with van der Waals surface area (Å²) in [6, 6.07) is 6.52. The zero-order chi connectivity index (χ0) is 19.0. The van der Waals surface area contributed by atoms with Gasteiger partial charge in [-0.15, -0.1) is 11.3 Å². The number of piperidine rings is 1. The summed E-state index contributed by atoms with van der Waals surface area (Å²) in [6.45, 7) is 7.28. The summed E-state index contributed by atoms with van der Waals surface area (Å²) in [5, 5.41) is 14.0. The van der Waals surface area contributed by atoms with Crippen LogP contribution < -0.4 is 10.6 Å². The summed E-state index contributed by atoms with van der Waals surface area (Å²) < 4.78 is 1.88. The van der Waals surface area contributed by atoms with Crippen LogP contribution in [0.1, 0.15) is 50.0 Å². The van der Waals surface area contributed by atoms with Crippen LogP contribution in [0.4, 0.5) is 0 Å². The third kappa shape index (κ3) is 3.49. The van der Waals surface area contributed by atoms with Crippen LogP contribution in [0.15, 0.2) is 29.8 Å². The van der Waals surface area contributed by atoms with Gasteiger partial charge in [-0.3, -0.25) is 4.79 Å². The summed E-state index contributed by atoms with van der Waals surface area (Å²) in [7, 11) is 0. The van der Waals surface area contributed by atoms with Crippen LogP contribution in [-0.4, -0.2) is 39.3 Å². The van der Waals surface area contributed by atoms with Gasteiger partial charge in [-0.25, -0.2) is 9.67 Å². The van der Waals surface area contributed by atoms with Gasteiger partial charge in [-0.2, -0.15) is 5.10 Å². The van der Waals surface area contributed by atoms with Gasteiger partial charge >= 0.3 is 0 Å². The van der Waals surface area contributed by atoms with Crippen LogP contribution >= 0.6 is 11.3 Å². The van der Waals surface area contributed by atoms with Crippen LogP contribution in [0.5, 0.6) is 0 Å². The van der Waals surface area contributed by atoms with E-state index >= 15 is 0 Å². The maximum absolute atomic E-state index is 13.2. The molecule has 7 heteroatoms. The second-order valence-electron chi connectivity index (χ2n) is 7.42. The van der Waals surface area contributed by atoms with E-state index in [0.717, 1.165) is 41.0 Å². The number of thiophene rings is 1. The van der Waals surface area contributed by atoms with E-state index in [1.165, 1.54) is 0 Å². The highest BCUT2D eigenvalue weighted by Gasteiger charge is 2.25. The fourth-order valence-corrected chi connectivity index (χ4v) is 4.31. The maximum Gasteiger partial charge on any atom is 0.252 e. The lowest BCUT2D eigenvalue weighted by Gasteiger charge is -2.30. The van der Waals surface area contributed by atoms with E-state index in [-0.39, 0.29) is 24.0 Å². The number of hydrogen-bond donors (Lipinski definition) is 2. The Hall–Kier alpha value is -2.25. The van der Waals surface area contributed by atoms with Crippen LogP contribution in [0.25, 0.3) is 21.6 Å². The third-order valence-corrected chi connectivity index (χ3v) is 6.04. The number of amides is 1. The molecular weight excluding hydrogens is 358 g/mol. The topological polar surface area (TPSA) is 71.8 Å². The fourth-order valence-electron chi connectivity index (χ4n) is 3.62. The number of nitrogens with zero attached hydrogens (tertiary/aromatic N) is 3. The molecule has 6 nitrogen and oxygen atoms in total. The molecule has 1 fully saturated rings. The smallest absolute Gasteiger partial charge is 0.252 e. The van der Waals surface area contributed by atoms with Gasteiger partial charge < -0.3 is 10.6 Å². The first-order valence-electron chi connectivity index (χ1n) is 9.51. The average Bonchev–Trinajstić information content (AvgIpc) is 3.32. The lowest BCUT2D eigenvalue weighted by molar-refractivity contribution is 0.0921. The predicted octanol–water partition coefficient (Wildman–Crippen LogP) is 3.61. The molecule has 0 saturated carbocycles. The first-order chi connectivity index (χ1) is 13.0. The molecule has 0 aliphatic carbocycles. The molecule has 27 heavy (non-hydrogen) atoms. The number of pyridine rings is 1. The molecule has 0 radical (unpaired) electrons. The number of hydrogen-bond acceptors (Lipinski definition) is 5. The monoisotopic (exact) mass is 383 g/mol. The number of rotatable bonds is 4. The molecule has 1 aliphatic rings. The maximum atomic E-state index is 13.2. The van der Waals surface area contributed by atoms with E-state index in [1.54, 1.807) is 17.5 Å². The van der Waals surface area contributed by atoms with Crippen LogP contribution in [0.2, 0.25) is 0 Å². The first-order valence-corrected chi connectivity index (χ1v) is 10.4. The van der Waals surface area contributed by atoms with Gasteiger partial charge in [0.25, 0.3) is 5.91 Å². The molecule has 0 aromatic carbocycles. The summed E-state index contributed by atoms with van der Waals surface area (Å²) >= 11 is 1.62. The van der Waals surface area contributed by atoms with Gasteiger partial charge in [0.2, 0.25) is 0 Å². The molecule has 0 bridgehead atoms. The van der Waals surface area contributed by atoms with E-state index in [9.17, 15) is 4.79 Å². The van der Waals surface area contributed by atoms with Gasteiger partial charge in [0.1, 0.15) is 0 Å².